The summed E-state index contributed by atoms with van der Waals surface area (Å²) in [7, 11) is 0. The summed E-state index contributed by atoms with van der Waals surface area (Å²) in [6.45, 7) is 3.32. The molecule has 84 valence electrons. The molecule has 4 heteroatoms. The summed E-state index contributed by atoms with van der Waals surface area (Å²) < 4.78 is 0. The highest BCUT2D eigenvalue weighted by atomic mass is 32.1. The van der Waals surface area contributed by atoms with Crippen molar-refractivity contribution in [3.05, 3.63) is 16.6 Å². The van der Waals surface area contributed by atoms with Gasteiger partial charge in [0.1, 0.15) is 0 Å². The van der Waals surface area contributed by atoms with Gasteiger partial charge in [0.05, 0.1) is 11.2 Å². The Kier molecular flexibility index (Phi) is 4.57. The van der Waals surface area contributed by atoms with Crippen molar-refractivity contribution >= 4 is 11.3 Å². The maximum atomic E-state index is 4.25. The number of nitrogens with zero attached hydrogens (tertiary/aromatic N) is 1. The Hall–Kier alpha value is -0.450. The lowest BCUT2D eigenvalue weighted by Gasteiger charge is -2.04. The second-order valence-electron chi connectivity index (χ2n) is 4.06. The highest BCUT2D eigenvalue weighted by molar-refractivity contribution is 7.07. The summed E-state index contributed by atoms with van der Waals surface area (Å²) in [6, 6.07) is 0.847. The van der Waals surface area contributed by atoms with E-state index in [0.29, 0.717) is 0 Å². The van der Waals surface area contributed by atoms with Gasteiger partial charge in [-0.15, -0.1) is 11.3 Å². The molecule has 0 aliphatic heterocycles. The number of aromatic nitrogens is 1. The smallest absolute Gasteiger partial charge is 0.0794 e. The van der Waals surface area contributed by atoms with Crippen LogP contribution in [0.25, 0.3) is 0 Å². The third-order valence-corrected chi connectivity index (χ3v) is 3.22. The van der Waals surface area contributed by atoms with Crippen molar-refractivity contribution in [2.45, 2.75) is 31.7 Å². The van der Waals surface area contributed by atoms with Crippen LogP contribution in [0.3, 0.4) is 0 Å². The fourth-order valence-corrected chi connectivity index (χ4v) is 2.10. The van der Waals surface area contributed by atoms with Crippen molar-refractivity contribution in [1.29, 1.82) is 0 Å². The largest absolute Gasteiger partial charge is 0.316 e. The second kappa shape index (κ2) is 6.20. The van der Waals surface area contributed by atoms with E-state index in [-0.39, 0.29) is 0 Å². The highest BCUT2D eigenvalue weighted by Gasteiger charge is 2.19. The predicted octanol–water partition coefficient (Wildman–Crippen LogP) is 1.42. The van der Waals surface area contributed by atoms with Crippen LogP contribution in [0.2, 0.25) is 0 Å². The van der Waals surface area contributed by atoms with E-state index < -0.39 is 0 Å². The molecule has 15 heavy (non-hydrogen) atoms. The van der Waals surface area contributed by atoms with Gasteiger partial charge in [0.15, 0.2) is 0 Å². The molecule has 0 amide bonds. The van der Waals surface area contributed by atoms with Crippen molar-refractivity contribution in [2.24, 2.45) is 0 Å². The first-order valence-corrected chi connectivity index (χ1v) is 6.70. The SMILES string of the molecule is c1nc(CCNCCCNC2CC2)cs1. The van der Waals surface area contributed by atoms with Crippen molar-refractivity contribution in [1.82, 2.24) is 15.6 Å². The zero-order chi connectivity index (χ0) is 10.3. The summed E-state index contributed by atoms with van der Waals surface area (Å²) in [5.74, 6) is 0. The molecule has 1 aliphatic carbocycles. The lowest BCUT2D eigenvalue weighted by molar-refractivity contribution is 0.592. The van der Waals surface area contributed by atoms with E-state index in [9.17, 15) is 0 Å². The number of rotatable bonds is 8. The van der Waals surface area contributed by atoms with Crippen LogP contribution in [0.15, 0.2) is 10.9 Å². The van der Waals surface area contributed by atoms with Gasteiger partial charge in [-0.05, 0) is 32.4 Å². The van der Waals surface area contributed by atoms with E-state index >= 15 is 0 Å². The molecule has 1 saturated carbocycles. The maximum Gasteiger partial charge on any atom is 0.0794 e. The summed E-state index contributed by atoms with van der Waals surface area (Å²) in [4.78, 5) is 4.25. The van der Waals surface area contributed by atoms with E-state index in [0.717, 1.165) is 32.1 Å². The van der Waals surface area contributed by atoms with Crippen LogP contribution in [-0.4, -0.2) is 30.7 Å². The van der Waals surface area contributed by atoms with Gasteiger partial charge in [0.2, 0.25) is 0 Å². The van der Waals surface area contributed by atoms with Gasteiger partial charge >= 0.3 is 0 Å². The molecule has 0 bridgehead atoms. The van der Waals surface area contributed by atoms with E-state index in [4.69, 9.17) is 0 Å². The average molecular weight is 225 g/mol. The first-order valence-electron chi connectivity index (χ1n) is 5.76. The molecule has 3 nitrogen and oxygen atoms in total. The van der Waals surface area contributed by atoms with Crippen LogP contribution in [0.4, 0.5) is 0 Å². The molecule has 0 unspecified atom stereocenters. The van der Waals surface area contributed by atoms with Gasteiger partial charge in [-0.25, -0.2) is 4.98 Å². The molecule has 1 heterocycles. The summed E-state index contributed by atoms with van der Waals surface area (Å²) >= 11 is 1.67. The molecule has 0 aromatic carbocycles. The van der Waals surface area contributed by atoms with E-state index in [1.54, 1.807) is 11.3 Å². The summed E-state index contributed by atoms with van der Waals surface area (Å²) in [5.41, 5.74) is 3.11. The Labute approximate surface area is 95.3 Å². The first kappa shape index (κ1) is 11.0. The van der Waals surface area contributed by atoms with Gasteiger partial charge < -0.3 is 10.6 Å². The molecule has 1 aliphatic rings. The van der Waals surface area contributed by atoms with Crippen LogP contribution >= 0.6 is 11.3 Å². The molecule has 0 radical (unpaired) electrons. The molecule has 1 aromatic heterocycles. The second-order valence-corrected chi connectivity index (χ2v) is 4.78. The molecular formula is C11H19N3S. The molecule has 0 spiro atoms. The van der Waals surface area contributed by atoms with Crippen molar-refractivity contribution < 1.29 is 0 Å². The third kappa shape index (κ3) is 4.73. The number of hydrogen-bond acceptors (Lipinski definition) is 4. The zero-order valence-electron chi connectivity index (χ0n) is 9.04. The van der Waals surface area contributed by atoms with Crippen LogP contribution in [0.1, 0.15) is 25.0 Å². The van der Waals surface area contributed by atoms with E-state index in [1.165, 1.54) is 25.0 Å². The molecule has 1 fully saturated rings. The fourth-order valence-electron chi connectivity index (χ4n) is 1.51. The lowest BCUT2D eigenvalue weighted by atomic mass is 10.3. The van der Waals surface area contributed by atoms with E-state index in [1.807, 2.05) is 5.51 Å². The fraction of sp³-hybridized carbons (Fsp3) is 0.727. The molecule has 2 N–H and O–H groups in total. The quantitative estimate of drug-likeness (QED) is 0.657. The minimum atomic E-state index is 0.847. The van der Waals surface area contributed by atoms with E-state index in [2.05, 4.69) is 21.0 Å². The topological polar surface area (TPSA) is 37.0 Å². The van der Waals surface area contributed by atoms with Crippen LogP contribution in [0, 0.1) is 0 Å². The number of hydrogen-bond donors (Lipinski definition) is 2. The van der Waals surface area contributed by atoms with Gasteiger partial charge in [-0.2, -0.15) is 0 Å². The molecule has 0 atom stereocenters. The van der Waals surface area contributed by atoms with Crippen molar-refractivity contribution in [3.8, 4) is 0 Å². The average Bonchev–Trinajstić information content (AvgIpc) is 2.92. The van der Waals surface area contributed by atoms with Crippen molar-refractivity contribution in [2.75, 3.05) is 19.6 Å². The summed E-state index contributed by atoms with van der Waals surface area (Å²) in [5, 5.41) is 9.07. The number of thiazole rings is 1. The standard InChI is InChI=1S/C11H19N3S/c1(6-13-10-2-3-10)5-12-7-4-11-8-15-9-14-11/h8-10,12-13H,1-7H2. The molecular weight excluding hydrogens is 206 g/mol. The predicted molar refractivity (Wildman–Crippen MR) is 64.3 cm³/mol. The Morgan fingerprint density at radius 3 is 3.00 bits per heavy atom. The van der Waals surface area contributed by atoms with Gasteiger partial charge in [-0.3, -0.25) is 0 Å². The minimum Gasteiger partial charge on any atom is -0.316 e. The molecule has 0 saturated heterocycles. The Morgan fingerprint density at radius 1 is 1.33 bits per heavy atom. The van der Waals surface area contributed by atoms with Crippen LogP contribution in [0.5, 0.6) is 0 Å². The Balaban J connectivity index is 1.38. The minimum absolute atomic E-state index is 0.847. The Morgan fingerprint density at radius 2 is 2.27 bits per heavy atom. The highest BCUT2D eigenvalue weighted by Crippen LogP contribution is 2.18. The first-order chi connectivity index (χ1) is 7.45. The number of nitrogens with one attached hydrogen (secondary N) is 2. The van der Waals surface area contributed by atoms with Gasteiger partial charge in [0, 0.05) is 24.4 Å². The van der Waals surface area contributed by atoms with Crippen LogP contribution < -0.4 is 10.6 Å². The van der Waals surface area contributed by atoms with Gasteiger partial charge in [-0.1, -0.05) is 0 Å². The van der Waals surface area contributed by atoms with Crippen molar-refractivity contribution in [3.63, 3.8) is 0 Å². The third-order valence-electron chi connectivity index (χ3n) is 2.58. The lowest BCUT2D eigenvalue weighted by Crippen LogP contribution is -2.24. The normalized spacial score (nSPS) is 15.7. The monoisotopic (exact) mass is 225 g/mol. The zero-order valence-corrected chi connectivity index (χ0v) is 9.85. The molecule has 1 aromatic rings. The Bertz CT molecular complexity index is 257. The van der Waals surface area contributed by atoms with Gasteiger partial charge in [0.25, 0.3) is 0 Å². The maximum absolute atomic E-state index is 4.25. The van der Waals surface area contributed by atoms with Crippen LogP contribution in [-0.2, 0) is 6.42 Å². The molecule has 2 rings (SSSR count). The summed E-state index contributed by atoms with van der Waals surface area (Å²) in [6.07, 6.45) is 5.06.